The van der Waals surface area contributed by atoms with Crippen molar-refractivity contribution in [2.45, 2.75) is 32.9 Å². The first-order valence-corrected chi connectivity index (χ1v) is 11.1. The average molecular weight is 430 g/mol. The van der Waals surface area contributed by atoms with Crippen LogP contribution >= 0.6 is 0 Å². The van der Waals surface area contributed by atoms with E-state index in [4.69, 9.17) is 0 Å². The largest absolute Gasteiger partial charge is 0.350 e. The molecule has 2 aromatic carbocycles. The SMILES string of the molecule is CC1CCN(Cc2ccc(NC(=O)Cn3ncc4c([nH]c5ccccc54)c3=O)cc2)CC1. The molecule has 0 atom stereocenters. The van der Waals surface area contributed by atoms with Gasteiger partial charge in [-0.3, -0.25) is 14.5 Å². The number of carbonyl (C=O) groups excluding carboxylic acids is 1. The molecule has 1 amide bonds. The lowest BCUT2D eigenvalue weighted by Crippen LogP contribution is -2.32. The maximum Gasteiger partial charge on any atom is 0.291 e. The van der Waals surface area contributed by atoms with Crippen molar-refractivity contribution in [1.29, 1.82) is 0 Å². The molecule has 0 spiro atoms. The van der Waals surface area contributed by atoms with E-state index in [9.17, 15) is 9.59 Å². The first kappa shape index (κ1) is 20.5. The van der Waals surface area contributed by atoms with Gasteiger partial charge in [0.05, 0.1) is 6.20 Å². The van der Waals surface area contributed by atoms with Crippen LogP contribution in [0, 0.1) is 5.92 Å². The second-order valence-corrected chi connectivity index (χ2v) is 8.77. The molecular formula is C25H27N5O2. The molecule has 164 valence electrons. The van der Waals surface area contributed by atoms with Crippen LogP contribution in [0.5, 0.6) is 0 Å². The van der Waals surface area contributed by atoms with Crippen molar-refractivity contribution in [2.75, 3.05) is 18.4 Å². The van der Waals surface area contributed by atoms with Gasteiger partial charge < -0.3 is 10.3 Å². The Morgan fingerprint density at radius 3 is 2.62 bits per heavy atom. The molecule has 4 aromatic rings. The molecule has 3 heterocycles. The third-order valence-electron chi connectivity index (χ3n) is 6.33. The Labute approximate surface area is 186 Å². The monoisotopic (exact) mass is 429 g/mol. The lowest BCUT2D eigenvalue weighted by atomic mass is 9.99. The number of fused-ring (bicyclic) bond motifs is 3. The number of aromatic nitrogens is 3. The minimum Gasteiger partial charge on any atom is -0.350 e. The number of benzene rings is 2. The number of carbonyl (C=O) groups is 1. The summed E-state index contributed by atoms with van der Waals surface area (Å²) in [6.45, 7) is 5.39. The zero-order valence-corrected chi connectivity index (χ0v) is 18.2. The highest BCUT2D eigenvalue weighted by atomic mass is 16.2. The van der Waals surface area contributed by atoms with Gasteiger partial charge in [0.1, 0.15) is 12.1 Å². The lowest BCUT2D eigenvalue weighted by molar-refractivity contribution is -0.117. The maximum atomic E-state index is 12.8. The number of H-pyrrole nitrogens is 1. The molecule has 32 heavy (non-hydrogen) atoms. The van der Waals surface area contributed by atoms with Gasteiger partial charge in [0.2, 0.25) is 5.91 Å². The number of piperidine rings is 1. The first-order valence-electron chi connectivity index (χ1n) is 11.1. The summed E-state index contributed by atoms with van der Waals surface area (Å²) < 4.78 is 1.19. The molecule has 2 aromatic heterocycles. The van der Waals surface area contributed by atoms with E-state index in [0.29, 0.717) is 11.2 Å². The van der Waals surface area contributed by atoms with Gasteiger partial charge in [-0.15, -0.1) is 0 Å². The van der Waals surface area contributed by atoms with Crippen LogP contribution in [0.2, 0.25) is 0 Å². The van der Waals surface area contributed by atoms with E-state index in [0.717, 1.165) is 41.8 Å². The molecular weight excluding hydrogens is 402 g/mol. The summed E-state index contributed by atoms with van der Waals surface area (Å²) in [5.41, 5.74) is 2.98. The Kier molecular flexibility index (Phi) is 5.49. The van der Waals surface area contributed by atoms with E-state index in [1.165, 1.54) is 23.1 Å². The molecule has 1 aliphatic rings. The van der Waals surface area contributed by atoms with Crippen molar-refractivity contribution >= 4 is 33.4 Å². The highest BCUT2D eigenvalue weighted by Crippen LogP contribution is 2.22. The number of para-hydroxylation sites is 1. The van der Waals surface area contributed by atoms with E-state index in [1.54, 1.807) is 6.20 Å². The molecule has 1 saturated heterocycles. The molecule has 0 unspecified atom stereocenters. The number of hydrogen-bond acceptors (Lipinski definition) is 4. The van der Waals surface area contributed by atoms with Crippen LogP contribution in [0.15, 0.2) is 59.5 Å². The molecule has 1 fully saturated rings. The van der Waals surface area contributed by atoms with Crippen LogP contribution < -0.4 is 10.9 Å². The van der Waals surface area contributed by atoms with Crippen LogP contribution in [-0.4, -0.2) is 38.7 Å². The van der Waals surface area contributed by atoms with Crippen molar-refractivity contribution in [1.82, 2.24) is 19.7 Å². The van der Waals surface area contributed by atoms with Gasteiger partial charge in [0.15, 0.2) is 0 Å². The smallest absolute Gasteiger partial charge is 0.291 e. The number of rotatable bonds is 5. The summed E-state index contributed by atoms with van der Waals surface area (Å²) in [5, 5.41) is 8.79. The van der Waals surface area contributed by atoms with Gasteiger partial charge in [0.25, 0.3) is 5.56 Å². The van der Waals surface area contributed by atoms with E-state index in [-0.39, 0.29) is 18.0 Å². The van der Waals surface area contributed by atoms with Gasteiger partial charge in [-0.25, -0.2) is 4.68 Å². The second-order valence-electron chi connectivity index (χ2n) is 8.77. The van der Waals surface area contributed by atoms with Crippen LogP contribution in [-0.2, 0) is 17.9 Å². The first-order chi connectivity index (χ1) is 15.6. The summed E-state index contributed by atoms with van der Waals surface area (Å²) in [4.78, 5) is 31.0. The summed E-state index contributed by atoms with van der Waals surface area (Å²) in [6, 6.07) is 15.6. The van der Waals surface area contributed by atoms with Crippen molar-refractivity contribution < 1.29 is 4.79 Å². The Balaban J connectivity index is 1.24. The molecule has 0 bridgehead atoms. The molecule has 5 rings (SSSR count). The van der Waals surface area contributed by atoms with Crippen LogP contribution in [0.4, 0.5) is 5.69 Å². The second kappa shape index (κ2) is 8.59. The van der Waals surface area contributed by atoms with Crippen LogP contribution in [0.3, 0.4) is 0 Å². The topological polar surface area (TPSA) is 83.0 Å². The molecule has 1 aliphatic heterocycles. The van der Waals surface area contributed by atoms with Crippen LogP contribution in [0.1, 0.15) is 25.3 Å². The van der Waals surface area contributed by atoms with E-state index < -0.39 is 0 Å². The molecule has 0 saturated carbocycles. The highest BCUT2D eigenvalue weighted by Gasteiger charge is 2.16. The molecule has 7 heteroatoms. The number of likely N-dealkylation sites (tertiary alicyclic amines) is 1. The summed E-state index contributed by atoms with van der Waals surface area (Å²) in [7, 11) is 0. The number of amides is 1. The normalized spacial score (nSPS) is 15.4. The third kappa shape index (κ3) is 4.16. The summed E-state index contributed by atoms with van der Waals surface area (Å²) in [5.74, 6) is 0.537. The minimum absolute atomic E-state index is 0.141. The minimum atomic E-state index is -0.306. The molecule has 0 aliphatic carbocycles. The molecule has 0 radical (unpaired) electrons. The predicted molar refractivity (Wildman–Crippen MR) is 127 cm³/mol. The zero-order chi connectivity index (χ0) is 22.1. The van der Waals surface area contributed by atoms with Gasteiger partial charge >= 0.3 is 0 Å². The van der Waals surface area contributed by atoms with E-state index in [1.807, 2.05) is 36.4 Å². The van der Waals surface area contributed by atoms with Gasteiger partial charge in [-0.2, -0.15) is 5.10 Å². The Morgan fingerprint density at radius 2 is 1.84 bits per heavy atom. The van der Waals surface area contributed by atoms with Crippen molar-refractivity contribution in [3.63, 3.8) is 0 Å². The van der Waals surface area contributed by atoms with Gasteiger partial charge in [0, 0.05) is 28.5 Å². The number of nitrogens with zero attached hydrogens (tertiary/aromatic N) is 3. The zero-order valence-electron chi connectivity index (χ0n) is 18.2. The summed E-state index contributed by atoms with van der Waals surface area (Å²) >= 11 is 0. The molecule has 7 nitrogen and oxygen atoms in total. The Bertz CT molecular complexity index is 1310. The van der Waals surface area contributed by atoms with E-state index in [2.05, 4.69) is 39.4 Å². The van der Waals surface area contributed by atoms with Gasteiger partial charge in [-0.1, -0.05) is 37.3 Å². The van der Waals surface area contributed by atoms with E-state index >= 15 is 0 Å². The summed E-state index contributed by atoms with van der Waals surface area (Å²) in [6.07, 6.45) is 4.15. The van der Waals surface area contributed by atoms with Crippen LogP contribution in [0.25, 0.3) is 21.8 Å². The number of aromatic amines is 1. The van der Waals surface area contributed by atoms with Gasteiger partial charge in [-0.05, 0) is 55.6 Å². The fourth-order valence-electron chi connectivity index (χ4n) is 4.40. The van der Waals surface area contributed by atoms with Crippen molar-refractivity contribution in [3.05, 3.63) is 70.6 Å². The lowest BCUT2D eigenvalue weighted by Gasteiger charge is -2.30. The van der Waals surface area contributed by atoms with Crippen molar-refractivity contribution in [3.8, 4) is 0 Å². The highest BCUT2D eigenvalue weighted by molar-refractivity contribution is 6.06. The third-order valence-corrected chi connectivity index (χ3v) is 6.33. The Morgan fingerprint density at radius 1 is 1.09 bits per heavy atom. The number of hydrogen-bond donors (Lipinski definition) is 2. The standard InChI is InChI=1S/C25H27N5O2/c1-17-10-12-29(13-11-17)15-18-6-8-19(9-7-18)27-23(31)16-30-25(32)24-21(14-26-30)20-4-2-3-5-22(20)28-24/h2-9,14,17,28H,10-13,15-16H2,1H3,(H,27,31). The fraction of sp³-hybridized carbons (Fsp3) is 0.320. The number of nitrogens with one attached hydrogen (secondary N) is 2. The average Bonchev–Trinajstić information content (AvgIpc) is 3.18. The predicted octanol–water partition coefficient (Wildman–Crippen LogP) is 3.75. The maximum absolute atomic E-state index is 12.8. The Hall–Kier alpha value is -3.45. The molecule has 2 N–H and O–H groups in total. The quantitative estimate of drug-likeness (QED) is 0.506. The van der Waals surface area contributed by atoms with Crippen molar-refractivity contribution in [2.24, 2.45) is 5.92 Å². The fourth-order valence-corrected chi connectivity index (χ4v) is 4.40. The number of anilines is 1.